The van der Waals surface area contributed by atoms with Crippen LogP contribution < -0.4 is 4.67 Å². The van der Waals surface area contributed by atoms with Gasteiger partial charge in [0, 0.05) is 32.6 Å². The smallest absolute Gasteiger partial charge is 0.310 e. The molecule has 0 aliphatic rings. The number of hydrogen-bond acceptors (Lipinski definition) is 3. The minimum absolute atomic E-state index is 0.0212. The van der Waals surface area contributed by atoms with Crippen LogP contribution in [0.5, 0.6) is 0 Å². The Hall–Kier alpha value is -3.54. The van der Waals surface area contributed by atoms with Crippen molar-refractivity contribution in [1.82, 2.24) is 0 Å². The van der Waals surface area contributed by atoms with Crippen molar-refractivity contribution >= 4 is 78.7 Å². The summed E-state index contributed by atoms with van der Waals surface area (Å²) < 4.78 is 17.9. The fraction of sp³-hybridized carbons (Fsp3) is 0.273. The van der Waals surface area contributed by atoms with Gasteiger partial charge in [-0.15, -0.1) is 0 Å². The first kappa shape index (κ1) is 35.8. The number of nitrogens with zero attached hydrogens (tertiary/aromatic N) is 1. The maximum atomic E-state index is 7.72. The van der Waals surface area contributed by atoms with E-state index in [9.17, 15) is 0 Å². The van der Waals surface area contributed by atoms with E-state index in [2.05, 4.69) is 180 Å². The lowest BCUT2D eigenvalue weighted by molar-refractivity contribution is 0.555. The first-order chi connectivity index (χ1) is 24.6. The summed E-state index contributed by atoms with van der Waals surface area (Å²) in [6.07, 6.45) is 4.93. The highest BCUT2D eigenvalue weighted by Crippen LogP contribution is 2.60. The summed E-state index contributed by atoms with van der Waals surface area (Å²) in [7, 11) is -1.66. The van der Waals surface area contributed by atoms with Gasteiger partial charge in [-0.2, -0.15) is 4.67 Å². The van der Waals surface area contributed by atoms with E-state index in [0.29, 0.717) is 0 Å². The van der Waals surface area contributed by atoms with Crippen LogP contribution in [0.15, 0.2) is 140 Å². The molecule has 0 saturated carbocycles. The predicted molar refractivity (Wildman–Crippen MR) is 233 cm³/mol. The van der Waals surface area contributed by atoms with Gasteiger partial charge in [-0.25, -0.2) is 10.0 Å². The molecule has 0 radical (unpaired) electrons. The van der Waals surface area contributed by atoms with Gasteiger partial charge in [0.2, 0.25) is 0 Å². The number of fused-ring (bicyclic) bond motifs is 7. The van der Waals surface area contributed by atoms with E-state index in [0.717, 1.165) is 28.4 Å². The van der Waals surface area contributed by atoms with Crippen LogP contribution in [0.25, 0.3) is 43.5 Å². The second-order valence-electron chi connectivity index (χ2n) is 14.3. The molecule has 6 aromatic carbocycles. The molecule has 0 aliphatic carbocycles. The minimum atomic E-state index is -1.65. The summed E-state index contributed by atoms with van der Waals surface area (Å²) in [5.41, 5.74) is 4.50. The van der Waals surface area contributed by atoms with E-state index in [1.807, 2.05) is 0 Å². The molecule has 3 nitrogen and oxygen atoms in total. The summed E-state index contributed by atoms with van der Waals surface area (Å²) in [5, 5.41) is 7.32. The van der Waals surface area contributed by atoms with Crippen molar-refractivity contribution in [2.75, 3.05) is 34.4 Å². The van der Waals surface area contributed by atoms with Crippen LogP contribution in [0.1, 0.15) is 57.8 Å². The van der Waals surface area contributed by atoms with E-state index in [1.165, 1.54) is 53.2 Å². The largest absolute Gasteiger partial charge is 0.407 e. The molecule has 0 N–H and O–H groups in total. The summed E-state index contributed by atoms with van der Waals surface area (Å²) >= 11 is 0. The van der Waals surface area contributed by atoms with Gasteiger partial charge in [-0.05, 0) is 88.4 Å². The average Bonchev–Trinajstić information content (AvgIpc) is 3.35. The molecule has 1 heterocycles. The van der Waals surface area contributed by atoms with E-state index in [-0.39, 0.29) is 12.1 Å². The highest BCUT2D eigenvalue weighted by Gasteiger charge is 2.32. The first-order valence-corrected chi connectivity index (χ1v) is 24.4. The monoisotopic (exact) mass is 731 g/mol. The van der Waals surface area contributed by atoms with E-state index < -0.39 is 28.1 Å². The Balaban J connectivity index is 1.77. The Morgan fingerprint density at radius 3 is 1.45 bits per heavy atom. The number of benzene rings is 6. The van der Waals surface area contributed by atoms with Crippen molar-refractivity contribution in [2.45, 2.75) is 56.5 Å². The quantitative estimate of drug-likeness (QED) is 0.131. The topological polar surface area (TPSA) is 29.5 Å². The molecule has 7 rings (SSSR count). The molecule has 0 aliphatic heterocycles. The molecule has 1 aromatic heterocycles. The van der Waals surface area contributed by atoms with Crippen LogP contribution in [0.4, 0.5) is 0 Å². The molecule has 7 aromatic rings. The second-order valence-corrected chi connectivity index (χ2v) is 23.8. The van der Waals surface area contributed by atoms with Crippen LogP contribution in [0.2, 0.25) is 0 Å². The number of hydrogen-bond donors (Lipinski definition) is 0. The van der Waals surface area contributed by atoms with Gasteiger partial charge in [-0.1, -0.05) is 130 Å². The third-order valence-corrected chi connectivity index (χ3v) is 19.8. The van der Waals surface area contributed by atoms with Gasteiger partial charge in [0.15, 0.2) is 18.3 Å². The Morgan fingerprint density at radius 2 is 1.00 bits per heavy atom. The van der Waals surface area contributed by atoms with Gasteiger partial charge in [0.25, 0.3) is 0 Å². The van der Waals surface area contributed by atoms with Gasteiger partial charge >= 0.3 is 8.16 Å². The summed E-state index contributed by atoms with van der Waals surface area (Å²) in [4.78, 5) is 2.67. The Labute approximate surface area is 309 Å². The van der Waals surface area contributed by atoms with Crippen molar-refractivity contribution < 1.29 is 8.39 Å². The lowest BCUT2D eigenvalue weighted by atomic mass is 9.98. The van der Waals surface area contributed by atoms with Crippen molar-refractivity contribution in [2.24, 2.45) is 0 Å². The maximum absolute atomic E-state index is 7.72. The van der Waals surface area contributed by atoms with E-state index in [4.69, 9.17) is 8.39 Å². The normalized spacial score (nSPS) is 16.0. The standard InChI is InChI=1S/C44H51BNO2PS2/c1-8-50(6,9-2)39-29-35-25-17-19-27-37(35)41-42-38-28-20-18-26-36(38)30-40(51(7,45)10-3)44(42)48-49(47-43(39)41)46(31(4)33-21-13-11-14-22-33)32(5)34-23-15-12-16-24-34/h11-32H,8-10,45H2,1-7H3/t31-,32-,49?/m1/s1. The zero-order valence-corrected chi connectivity index (χ0v) is 33.9. The fourth-order valence-corrected chi connectivity index (χ4v) is 12.7. The predicted octanol–water partition coefficient (Wildman–Crippen LogP) is 13.3. The van der Waals surface area contributed by atoms with Gasteiger partial charge in [-0.3, -0.25) is 9.88 Å². The number of rotatable bonds is 10. The lowest BCUT2D eigenvalue weighted by Gasteiger charge is -2.35. The zero-order valence-electron chi connectivity index (χ0n) is 31.4. The molecule has 0 bridgehead atoms. The molecular formula is C44H51BNO2PS2. The molecule has 7 heteroatoms. The molecule has 0 amide bonds. The molecule has 0 fully saturated rings. The minimum Gasteiger partial charge on any atom is -0.407 e. The molecule has 0 spiro atoms. The molecular weight excluding hydrogens is 680 g/mol. The Kier molecular flexibility index (Phi) is 10.2. The fourth-order valence-electron chi connectivity index (χ4n) is 7.39. The SMILES string of the molecule is BS(C)(CC)c1cc2ccccc2c2c1op(N([C@H](C)c1ccccc1)[C@H](C)c1ccccc1)oc1c(S(C)(CC)CC)cc3ccccc3c12. The molecule has 51 heavy (non-hydrogen) atoms. The zero-order chi connectivity index (χ0) is 35.9. The van der Waals surface area contributed by atoms with Gasteiger partial charge in [0.1, 0.15) is 0 Å². The first-order valence-electron chi connectivity index (χ1n) is 18.2. The Morgan fingerprint density at radius 1 is 0.588 bits per heavy atom. The highest BCUT2D eigenvalue weighted by molar-refractivity contribution is 8.49. The molecule has 0 saturated heterocycles. The van der Waals surface area contributed by atoms with Crippen molar-refractivity contribution in [3.05, 3.63) is 132 Å². The van der Waals surface area contributed by atoms with Crippen LogP contribution in [-0.4, -0.2) is 36.9 Å². The summed E-state index contributed by atoms with van der Waals surface area (Å²) in [5.74, 6) is 3.23. The average molecular weight is 732 g/mol. The maximum Gasteiger partial charge on any atom is 0.310 e. The van der Waals surface area contributed by atoms with Crippen LogP contribution in [-0.2, 0) is 0 Å². The van der Waals surface area contributed by atoms with Crippen LogP contribution in [0.3, 0.4) is 0 Å². The van der Waals surface area contributed by atoms with Gasteiger partial charge < -0.3 is 8.39 Å². The van der Waals surface area contributed by atoms with Crippen molar-refractivity contribution in [1.29, 1.82) is 0 Å². The van der Waals surface area contributed by atoms with E-state index in [1.54, 1.807) is 0 Å². The summed E-state index contributed by atoms with van der Waals surface area (Å²) in [6, 6.07) is 44.5. The van der Waals surface area contributed by atoms with E-state index >= 15 is 0 Å². The highest BCUT2D eigenvalue weighted by atomic mass is 32.3. The van der Waals surface area contributed by atoms with Crippen molar-refractivity contribution in [3.8, 4) is 0 Å². The molecule has 264 valence electrons. The van der Waals surface area contributed by atoms with Crippen molar-refractivity contribution in [3.63, 3.8) is 0 Å². The summed E-state index contributed by atoms with van der Waals surface area (Å²) in [6.45, 7) is 11.7. The third-order valence-electron chi connectivity index (χ3n) is 11.2. The van der Waals surface area contributed by atoms with Gasteiger partial charge in [0.05, 0.1) is 0 Å². The molecule has 2 unspecified atom stereocenters. The van der Waals surface area contributed by atoms with Crippen LogP contribution in [0, 0.1) is 0 Å². The molecule has 4 atom stereocenters. The Bertz CT molecular complexity index is 2330. The lowest BCUT2D eigenvalue weighted by Crippen LogP contribution is -2.27. The second kappa shape index (κ2) is 14.5. The van der Waals surface area contributed by atoms with Crippen LogP contribution >= 0.6 is 28.1 Å². The third kappa shape index (κ3) is 6.44.